The van der Waals surface area contributed by atoms with Gasteiger partial charge in [0.1, 0.15) is 15.5 Å². The molecule has 4 heterocycles. The number of pyridine rings is 1. The highest BCUT2D eigenvalue weighted by atomic mass is 32.2. The van der Waals surface area contributed by atoms with Gasteiger partial charge >= 0.3 is 0 Å². The number of hydrogen-bond acceptors (Lipinski definition) is 5. The van der Waals surface area contributed by atoms with Crippen molar-refractivity contribution in [2.45, 2.75) is 51.1 Å². The third-order valence-electron chi connectivity index (χ3n) is 6.61. The molecular weight excluding hydrogens is 388 g/mol. The second-order valence-electron chi connectivity index (χ2n) is 8.60. The van der Waals surface area contributed by atoms with E-state index in [1.54, 1.807) is 0 Å². The largest absolute Gasteiger partial charge is 0.336 e. The molecule has 29 heavy (non-hydrogen) atoms. The summed E-state index contributed by atoms with van der Waals surface area (Å²) in [5.74, 6) is 0.156. The molecule has 1 unspecified atom stereocenters. The minimum Gasteiger partial charge on any atom is -0.336 e. The Kier molecular flexibility index (Phi) is 5.42. The van der Waals surface area contributed by atoms with Crippen molar-refractivity contribution in [3.63, 3.8) is 0 Å². The maximum absolute atomic E-state index is 12.5. The van der Waals surface area contributed by atoms with Gasteiger partial charge in [-0.2, -0.15) is 0 Å². The summed E-state index contributed by atoms with van der Waals surface area (Å²) in [6.45, 7) is 5.11. The van der Waals surface area contributed by atoms with E-state index in [9.17, 15) is 13.2 Å². The Morgan fingerprint density at radius 3 is 2.76 bits per heavy atom. The van der Waals surface area contributed by atoms with Gasteiger partial charge in [-0.15, -0.1) is 0 Å². The Balaban J connectivity index is 1.47. The lowest BCUT2D eigenvalue weighted by atomic mass is 9.88. The van der Waals surface area contributed by atoms with Crippen LogP contribution in [-0.2, 0) is 21.2 Å². The van der Waals surface area contributed by atoms with Crippen LogP contribution in [-0.4, -0.2) is 70.7 Å². The van der Waals surface area contributed by atoms with Crippen molar-refractivity contribution >= 4 is 21.4 Å². The Morgan fingerprint density at radius 1 is 1.17 bits per heavy atom. The number of aromatic nitrogens is 2. The number of fused-ring (bicyclic) bond motifs is 1. The number of carbonyl (C=O) groups is 1. The molecule has 7 nitrogen and oxygen atoms in total. The van der Waals surface area contributed by atoms with E-state index in [0.717, 1.165) is 56.7 Å². The molecule has 0 radical (unpaired) electrons. The van der Waals surface area contributed by atoms with Gasteiger partial charge in [0.25, 0.3) is 0 Å². The first kappa shape index (κ1) is 20.3. The predicted molar refractivity (Wildman–Crippen MR) is 112 cm³/mol. The van der Waals surface area contributed by atoms with Crippen LogP contribution in [0.4, 0.5) is 0 Å². The second-order valence-corrected chi connectivity index (χ2v) is 10.9. The zero-order valence-electron chi connectivity index (χ0n) is 17.3. The lowest BCUT2D eigenvalue weighted by molar-refractivity contribution is -0.131. The number of amides is 1. The minimum absolute atomic E-state index is 0.0463. The molecule has 0 saturated carbocycles. The first-order chi connectivity index (χ1) is 13.8. The van der Waals surface area contributed by atoms with E-state index in [4.69, 9.17) is 4.98 Å². The highest BCUT2D eigenvalue weighted by Crippen LogP contribution is 2.39. The Bertz CT molecular complexity index is 1020. The summed E-state index contributed by atoms with van der Waals surface area (Å²) in [7, 11) is -3.08. The number of hydrogen-bond donors (Lipinski definition) is 0. The summed E-state index contributed by atoms with van der Waals surface area (Å²) in [5.41, 5.74) is 3.07. The van der Waals surface area contributed by atoms with Crippen molar-refractivity contribution in [2.75, 3.05) is 31.6 Å². The van der Waals surface area contributed by atoms with E-state index in [1.165, 1.54) is 11.9 Å². The summed E-state index contributed by atoms with van der Waals surface area (Å²) in [5, 5.41) is 0. The van der Waals surface area contributed by atoms with Gasteiger partial charge in [0.05, 0.1) is 11.4 Å². The first-order valence-corrected chi connectivity index (χ1v) is 12.5. The fraction of sp³-hybridized carbons (Fsp3) is 0.619. The quantitative estimate of drug-likeness (QED) is 0.743. The molecule has 2 aromatic heterocycles. The Hall–Kier alpha value is -1.93. The molecule has 2 aromatic rings. The van der Waals surface area contributed by atoms with Gasteiger partial charge in [-0.05, 0) is 51.3 Å². The number of sulfone groups is 1. The first-order valence-electron chi connectivity index (χ1n) is 10.4. The monoisotopic (exact) mass is 418 g/mol. The van der Waals surface area contributed by atoms with Gasteiger partial charge in [0, 0.05) is 49.7 Å². The lowest BCUT2D eigenvalue weighted by Gasteiger charge is -2.38. The minimum atomic E-state index is -3.08. The fourth-order valence-electron chi connectivity index (χ4n) is 4.93. The molecule has 1 atom stereocenters. The summed E-state index contributed by atoms with van der Waals surface area (Å²) in [4.78, 5) is 21.6. The highest BCUT2D eigenvalue weighted by molar-refractivity contribution is 7.90. The van der Waals surface area contributed by atoms with Crippen LogP contribution in [0.3, 0.4) is 0 Å². The molecule has 2 aliphatic rings. The van der Waals surface area contributed by atoms with Crippen molar-refractivity contribution in [3.05, 3.63) is 35.8 Å². The zero-order valence-corrected chi connectivity index (χ0v) is 18.1. The number of carbonyl (C=O) groups excluding carboxylic acids is 1. The van der Waals surface area contributed by atoms with Gasteiger partial charge in [0.15, 0.2) is 0 Å². The van der Waals surface area contributed by atoms with Crippen LogP contribution in [0.15, 0.2) is 24.4 Å². The molecule has 0 N–H and O–H groups in total. The lowest BCUT2D eigenvalue weighted by Crippen LogP contribution is -2.48. The third-order valence-corrected chi connectivity index (χ3v) is 7.54. The number of likely N-dealkylation sites (tertiary alicyclic amines) is 2. The van der Waals surface area contributed by atoms with Crippen LogP contribution < -0.4 is 0 Å². The number of aryl methyl sites for hydroxylation is 1. The summed E-state index contributed by atoms with van der Waals surface area (Å²) in [6.07, 6.45) is 7.52. The van der Waals surface area contributed by atoms with Crippen molar-refractivity contribution < 1.29 is 13.2 Å². The summed E-state index contributed by atoms with van der Waals surface area (Å²) in [6, 6.07) is 6.05. The van der Waals surface area contributed by atoms with Gasteiger partial charge in [0.2, 0.25) is 5.91 Å². The molecular formula is C21H30N4O3S. The zero-order chi connectivity index (χ0) is 20.6. The molecule has 1 spiro atoms. The molecule has 2 saturated heterocycles. The Labute approximate surface area is 172 Å². The van der Waals surface area contributed by atoms with Crippen molar-refractivity contribution in [3.8, 4) is 0 Å². The molecule has 1 amide bonds. The van der Waals surface area contributed by atoms with Crippen LogP contribution in [0.1, 0.15) is 43.5 Å². The fourth-order valence-corrected chi connectivity index (χ4v) is 5.45. The number of nitrogens with zero attached hydrogens (tertiary/aromatic N) is 4. The molecule has 0 bridgehead atoms. The predicted octanol–water partition coefficient (Wildman–Crippen LogP) is 2.03. The van der Waals surface area contributed by atoms with Gasteiger partial charge in [-0.3, -0.25) is 9.69 Å². The van der Waals surface area contributed by atoms with Crippen molar-refractivity contribution in [1.82, 2.24) is 19.2 Å². The molecule has 0 aromatic carbocycles. The third kappa shape index (κ3) is 4.19. The maximum Gasteiger partial charge on any atom is 0.223 e. The number of rotatable bonds is 5. The van der Waals surface area contributed by atoms with Crippen LogP contribution >= 0.6 is 0 Å². The molecule has 2 fully saturated rings. The van der Waals surface area contributed by atoms with Crippen LogP contribution in [0, 0.1) is 6.92 Å². The Morgan fingerprint density at radius 2 is 2.00 bits per heavy atom. The van der Waals surface area contributed by atoms with E-state index < -0.39 is 9.84 Å². The normalized spacial score (nSPS) is 23.9. The topological polar surface area (TPSA) is 75.0 Å². The van der Waals surface area contributed by atoms with E-state index in [1.807, 2.05) is 29.3 Å². The SMILES string of the molecule is Cc1c(CN2CCCC3(CCC(=O)N3CCS(C)(=O)=O)CC2)nc2ccccn12. The van der Waals surface area contributed by atoms with E-state index in [0.29, 0.717) is 13.0 Å². The number of imidazole rings is 1. The van der Waals surface area contributed by atoms with Crippen LogP contribution in [0.25, 0.3) is 5.65 Å². The second kappa shape index (κ2) is 7.72. The molecule has 8 heteroatoms. The van der Waals surface area contributed by atoms with Crippen LogP contribution in [0.2, 0.25) is 0 Å². The van der Waals surface area contributed by atoms with Gasteiger partial charge in [-0.1, -0.05) is 6.07 Å². The highest BCUT2D eigenvalue weighted by Gasteiger charge is 2.45. The average Bonchev–Trinajstić information content (AvgIpc) is 3.05. The average molecular weight is 419 g/mol. The van der Waals surface area contributed by atoms with Gasteiger partial charge in [-0.25, -0.2) is 13.4 Å². The van der Waals surface area contributed by atoms with Gasteiger partial charge < -0.3 is 9.30 Å². The summed E-state index contributed by atoms with van der Waals surface area (Å²) >= 11 is 0. The maximum atomic E-state index is 12.5. The molecule has 158 valence electrons. The smallest absolute Gasteiger partial charge is 0.223 e. The van der Waals surface area contributed by atoms with E-state index in [-0.39, 0.29) is 17.2 Å². The van der Waals surface area contributed by atoms with E-state index in [2.05, 4.69) is 16.2 Å². The van der Waals surface area contributed by atoms with Crippen molar-refractivity contribution in [2.24, 2.45) is 0 Å². The summed E-state index contributed by atoms with van der Waals surface area (Å²) < 4.78 is 25.4. The van der Waals surface area contributed by atoms with Crippen molar-refractivity contribution in [1.29, 1.82) is 0 Å². The van der Waals surface area contributed by atoms with Crippen LogP contribution in [0.5, 0.6) is 0 Å². The standard InChI is InChI=1S/C21H30N4O3S/c1-17-18(22-19-6-3-4-12-24(17)19)16-23-11-5-8-21(10-13-23)9-7-20(26)25(21)14-15-29(2,27)28/h3-4,6,12H,5,7-11,13-16H2,1-2H3. The van der Waals surface area contributed by atoms with E-state index >= 15 is 0 Å². The molecule has 0 aliphatic carbocycles. The molecule has 2 aliphatic heterocycles. The molecule has 4 rings (SSSR count).